The summed E-state index contributed by atoms with van der Waals surface area (Å²) < 4.78 is 39.3. The molecule has 18 heavy (non-hydrogen) atoms. The van der Waals surface area contributed by atoms with E-state index >= 15 is 0 Å². The molecule has 0 fully saturated rings. The fraction of sp³-hybridized carbons (Fsp3) is 0.200. The molecule has 0 heterocycles. The third-order valence-corrected chi connectivity index (χ3v) is 1.91. The lowest BCUT2D eigenvalue weighted by Gasteiger charge is -2.12. The van der Waals surface area contributed by atoms with Gasteiger partial charge in [0.1, 0.15) is 5.75 Å². The van der Waals surface area contributed by atoms with Gasteiger partial charge in [-0.3, -0.25) is 0 Å². The minimum atomic E-state index is -4.92. The number of benzene rings is 1. The van der Waals surface area contributed by atoms with E-state index < -0.39 is 29.7 Å². The largest absolute Gasteiger partial charge is 0.573 e. The number of aliphatic carboxylic acids is 1. The van der Waals surface area contributed by atoms with Crippen molar-refractivity contribution >= 4 is 5.97 Å². The van der Waals surface area contributed by atoms with Crippen LogP contribution in [0, 0.1) is 11.3 Å². The zero-order valence-corrected chi connectivity index (χ0v) is 8.60. The SMILES string of the molecule is N#Cc1cc(OC(F)(F)F)ccc1C(O)C(=O)O. The van der Waals surface area contributed by atoms with Gasteiger partial charge in [0.2, 0.25) is 0 Å². The number of carbonyl (C=O) groups is 1. The first-order valence-electron chi connectivity index (χ1n) is 4.45. The van der Waals surface area contributed by atoms with Crippen LogP contribution in [-0.2, 0) is 4.79 Å². The Balaban J connectivity index is 3.13. The number of ether oxygens (including phenoxy) is 1. The molecule has 96 valence electrons. The van der Waals surface area contributed by atoms with Gasteiger partial charge in [0, 0.05) is 5.56 Å². The van der Waals surface area contributed by atoms with Gasteiger partial charge in [0.25, 0.3) is 0 Å². The minimum Gasteiger partial charge on any atom is -0.479 e. The summed E-state index contributed by atoms with van der Waals surface area (Å²) in [4.78, 5) is 10.5. The molecule has 0 aliphatic rings. The molecule has 8 heteroatoms. The molecule has 1 aromatic rings. The summed E-state index contributed by atoms with van der Waals surface area (Å²) >= 11 is 0. The van der Waals surface area contributed by atoms with Crippen LogP contribution >= 0.6 is 0 Å². The molecule has 0 saturated heterocycles. The number of halogens is 3. The van der Waals surface area contributed by atoms with E-state index in [1.165, 1.54) is 6.07 Å². The number of aliphatic hydroxyl groups is 1. The third kappa shape index (κ3) is 3.36. The first-order valence-corrected chi connectivity index (χ1v) is 4.45. The molecule has 0 amide bonds. The summed E-state index contributed by atoms with van der Waals surface area (Å²) in [6, 6.07) is 3.89. The molecular formula is C10H6F3NO4. The fourth-order valence-corrected chi connectivity index (χ4v) is 1.20. The van der Waals surface area contributed by atoms with Crippen LogP contribution in [0.5, 0.6) is 5.75 Å². The lowest BCUT2D eigenvalue weighted by molar-refractivity contribution is -0.274. The quantitative estimate of drug-likeness (QED) is 0.861. The highest BCUT2D eigenvalue weighted by Crippen LogP contribution is 2.27. The maximum atomic E-state index is 11.9. The number of carboxylic acid groups (broad SMARTS) is 1. The lowest BCUT2D eigenvalue weighted by Crippen LogP contribution is -2.17. The highest BCUT2D eigenvalue weighted by Gasteiger charge is 2.31. The standard InChI is InChI=1S/C10H6F3NO4/c11-10(12,13)18-6-1-2-7(5(3-6)4-14)8(15)9(16)17/h1-3,8,15H,(H,16,17). The van der Waals surface area contributed by atoms with Crippen LogP contribution in [0.3, 0.4) is 0 Å². The van der Waals surface area contributed by atoms with E-state index in [4.69, 9.17) is 10.4 Å². The average molecular weight is 261 g/mol. The molecule has 0 spiro atoms. The van der Waals surface area contributed by atoms with Crippen LogP contribution in [0.4, 0.5) is 13.2 Å². The average Bonchev–Trinajstić information content (AvgIpc) is 2.25. The Bertz CT molecular complexity index is 507. The molecular weight excluding hydrogens is 255 g/mol. The van der Waals surface area contributed by atoms with E-state index in [0.717, 1.165) is 12.1 Å². The van der Waals surface area contributed by atoms with Crippen molar-refractivity contribution in [3.8, 4) is 11.8 Å². The predicted octanol–water partition coefficient (Wildman–Crippen LogP) is 1.57. The highest BCUT2D eigenvalue weighted by molar-refractivity contribution is 5.75. The Morgan fingerprint density at radius 2 is 2.06 bits per heavy atom. The van der Waals surface area contributed by atoms with Crippen LogP contribution in [0.25, 0.3) is 0 Å². The van der Waals surface area contributed by atoms with Gasteiger partial charge in [-0.1, -0.05) is 6.07 Å². The second-order valence-corrected chi connectivity index (χ2v) is 3.15. The van der Waals surface area contributed by atoms with Gasteiger partial charge in [0.15, 0.2) is 6.10 Å². The summed E-state index contributed by atoms with van der Waals surface area (Å²) in [5.74, 6) is -2.28. The number of hydrogen-bond acceptors (Lipinski definition) is 4. The van der Waals surface area contributed by atoms with Gasteiger partial charge in [0.05, 0.1) is 11.6 Å². The van der Waals surface area contributed by atoms with Gasteiger partial charge >= 0.3 is 12.3 Å². The highest BCUT2D eigenvalue weighted by atomic mass is 19.4. The van der Waals surface area contributed by atoms with E-state index in [0.29, 0.717) is 6.07 Å². The van der Waals surface area contributed by atoms with Crippen molar-refractivity contribution in [3.63, 3.8) is 0 Å². The van der Waals surface area contributed by atoms with E-state index in [2.05, 4.69) is 4.74 Å². The van der Waals surface area contributed by atoms with Crippen molar-refractivity contribution in [2.45, 2.75) is 12.5 Å². The maximum Gasteiger partial charge on any atom is 0.573 e. The number of nitrogens with zero attached hydrogens (tertiary/aromatic N) is 1. The van der Waals surface area contributed by atoms with Crippen molar-refractivity contribution in [3.05, 3.63) is 29.3 Å². The van der Waals surface area contributed by atoms with Crippen LogP contribution in [0.2, 0.25) is 0 Å². The van der Waals surface area contributed by atoms with Gasteiger partial charge in [-0.2, -0.15) is 5.26 Å². The number of aliphatic hydroxyl groups excluding tert-OH is 1. The van der Waals surface area contributed by atoms with Gasteiger partial charge < -0.3 is 14.9 Å². The third-order valence-electron chi connectivity index (χ3n) is 1.91. The summed E-state index contributed by atoms with van der Waals surface area (Å²) in [6.07, 6.45) is -6.90. The van der Waals surface area contributed by atoms with E-state index in [-0.39, 0.29) is 5.56 Å². The lowest BCUT2D eigenvalue weighted by atomic mass is 10.0. The summed E-state index contributed by atoms with van der Waals surface area (Å²) in [5.41, 5.74) is -0.717. The Morgan fingerprint density at radius 3 is 2.50 bits per heavy atom. The molecule has 1 unspecified atom stereocenters. The van der Waals surface area contributed by atoms with Crippen LogP contribution < -0.4 is 4.74 Å². The molecule has 0 saturated carbocycles. The predicted molar refractivity (Wildman–Crippen MR) is 50.4 cm³/mol. The van der Waals surface area contributed by atoms with Crippen molar-refractivity contribution in [1.29, 1.82) is 5.26 Å². The molecule has 0 aromatic heterocycles. The first-order chi connectivity index (χ1) is 8.24. The normalized spacial score (nSPS) is 12.6. The molecule has 0 bridgehead atoms. The molecule has 2 N–H and O–H groups in total. The first kappa shape index (κ1) is 13.8. The smallest absolute Gasteiger partial charge is 0.479 e. The number of nitriles is 1. The van der Waals surface area contributed by atoms with E-state index in [9.17, 15) is 23.1 Å². The van der Waals surface area contributed by atoms with Crippen LogP contribution in [0.15, 0.2) is 18.2 Å². The van der Waals surface area contributed by atoms with Crippen molar-refractivity contribution in [2.75, 3.05) is 0 Å². The maximum absolute atomic E-state index is 11.9. The van der Waals surface area contributed by atoms with Crippen LogP contribution in [0.1, 0.15) is 17.2 Å². The number of alkyl halides is 3. The van der Waals surface area contributed by atoms with Crippen molar-refractivity contribution < 1.29 is 32.9 Å². The zero-order chi connectivity index (χ0) is 13.9. The summed E-state index contributed by atoms with van der Waals surface area (Å²) in [7, 11) is 0. The molecule has 0 radical (unpaired) electrons. The van der Waals surface area contributed by atoms with Gasteiger partial charge in [-0.05, 0) is 12.1 Å². The molecule has 5 nitrogen and oxygen atoms in total. The summed E-state index contributed by atoms with van der Waals surface area (Å²) in [6.45, 7) is 0. The fourth-order valence-electron chi connectivity index (χ4n) is 1.20. The van der Waals surface area contributed by atoms with Crippen molar-refractivity contribution in [2.24, 2.45) is 0 Å². The van der Waals surface area contributed by atoms with Gasteiger partial charge in [-0.15, -0.1) is 13.2 Å². The Hall–Kier alpha value is -2.27. The number of rotatable bonds is 3. The molecule has 0 aliphatic heterocycles. The Morgan fingerprint density at radius 1 is 1.44 bits per heavy atom. The second kappa shape index (κ2) is 4.93. The van der Waals surface area contributed by atoms with E-state index in [1.54, 1.807) is 0 Å². The van der Waals surface area contributed by atoms with E-state index in [1.807, 2.05) is 0 Å². The minimum absolute atomic E-state index is 0.306. The monoisotopic (exact) mass is 261 g/mol. The number of hydrogen-bond donors (Lipinski definition) is 2. The van der Waals surface area contributed by atoms with Crippen LogP contribution in [-0.4, -0.2) is 22.5 Å². The van der Waals surface area contributed by atoms with Crippen molar-refractivity contribution in [1.82, 2.24) is 0 Å². The molecule has 1 aromatic carbocycles. The Kier molecular flexibility index (Phi) is 3.78. The van der Waals surface area contributed by atoms with Gasteiger partial charge in [-0.25, -0.2) is 4.79 Å². The summed E-state index contributed by atoms with van der Waals surface area (Å²) in [5, 5.41) is 26.4. The topological polar surface area (TPSA) is 90.5 Å². The second-order valence-electron chi connectivity index (χ2n) is 3.15. The molecule has 1 atom stereocenters. The number of carboxylic acids is 1. The Labute approximate surface area is 98.6 Å². The molecule has 1 rings (SSSR count). The zero-order valence-electron chi connectivity index (χ0n) is 8.60. The molecule has 0 aliphatic carbocycles.